The van der Waals surface area contributed by atoms with E-state index in [9.17, 15) is 14.6 Å². The largest absolute Gasteiger partial charge is 0.350 e. The molecular formula is C24H20IN4O3P. The minimum absolute atomic E-state index is 0.168. The highest BCUT2D eigenvalue weighted by Gasteiger charge is 2.36. The number of carbonyl (C=O) groups is 1. The van der Waals surface area contributed by atoms with Crippen LogP contribution in [0.2, 0.25) is 0 Å². The third-order valence-electron chi connectivity index (χ3n) is 5.22. The maximum Gasteiger partial charge on any atom is 0.268 e. The molecule has 0 spiro atoms. The molecule has 2 aromatic carbocycles. The third kappa shape index (κ3) is 4.58. The fourth-order valence-corrected chi connectivity index (χ4v) is 6.50. The Hall–Kier alpha value is -2.99. The van der Waals surface area contributed by atoms with Crippen molar-refractivity contribution in [2.24, 2.45) is 0 Å². The van der Waals surface area contributed by atoms with Gasteiger partial charge in [-0.25, -0.2) is 0 Å². The number of rotatable bonds is 6. The number of nitrogens with one attached hydrogen (secondary N) is 2. The number of aryl methyl sites for hydroxylation is 1. The van der Waals surface area contributed by atoms with Crippen molar-refractivity contribution >= 4 is 57.4 Å². The summed E-state index contributed by atoms with van der Waals surface area (Å²) in [6.45, 7) is 2.09. The smallest absolute Gasteiger partial charge is 0.268 e. The third-order valence-corrected chi connectivity index (χ3v) is 8.40. The number of amides is 1. The zero-order chi connectivity index (χ0) is 23.6. The molecule has 0 aliphatic rings. The van der Waals surface area contributed by atoms with Gasteiger partial charge in [-0.3, -0.25) is 14.3 Å². The van der Waals surface area contributed by atoms with Crippen LogP contribution in [0.3, 0.4) is 0 Å². The Bertz CT molecular complexity index is 1440. The Morgan fingerprint density at radius 2 is 2.09 bits per heavy atom. The number of nitriles is 1. The van der Waals surface area contributed by atoms with Crippen molar-refractivity contribution in [3.05, 3.63) is 86.9 Å². The number of fused-ring (bicyclic) bond motifs is 1. The van der Waals surface area contributed by atoms with Gasteiger partial charge in [-0.1, -0.05) is 6.07 Å². The van der Waals surface area contributed by atoms with Crippen LogP contribution in [-0.4, -0.2) is 23.0 Å². The molecular weight excluding hydrogens is 550 g/mol. The monoisotopic (exact) mass is 570 g/mol. The molecule has 0 saturated carbocycles. The van der Waals surface area contributed by atoms with Crippen LogP contribution in [0.4, 0.5) is 0 Å². The van der Waals surface area contributed by atoms with Crippen molar-refractivity contribution in [1.29, 1.82) is 5.26 Å². The van der Waals surface area contributed by atoms with E-state index in [0.29, 0.717) is 21.8 Å². The zero-order valence-corrected chi connectivity index (χ0v) is 21.0. The predicted octanol–water partition coefficient (Wildman–Crippen LogP) is 4.15. The van der Waals surface area contributed by atoms with Crippen molar-refractivity contribution in [3.63, 3.8) is 0 Å². The quantitative estimate of drug-likeness (QED) is 0.268. The maximum atomic E-state index is 14.4. The number of nitrogens with zero attached hydrogens (tertiary/aromatic N) is 2. The molecule has 7 nitrogen and oxygen atoms in total. The Morgan fingerprint density at radius 1 is 1.27 bits per heavy atom. The van der Waals surface area contributed by atoms with E-state index in [0.717, 1.165) is 14.7 Å². The SMILES string of the molecule is COP(=O)(c1cc(C)cc(C#N)c1)c1c(C(=O)NCc2cccnc2)[nH]c2ccc(I)cc12. The highest BCUT2D eigenvalue weighted by molar-refractivity contribution is 14.1. The van der Waals surface area contributed by atoms with Gasteiger partial charge < -0.3 is 14.8 Å². The van der Waals surface area contributed by atoms with Crippen LogP contribution in [0.25, 0.3) is 10.9 Å². The fraction of sp³-hybridized carbons (Fsp3) is 0.125. The normalized spacial score (nSPS) is 12.8. The number of hydrogen-bond acceptors (Lipinski definition) is 5. The van der Waals surface area contributed by atoms with Gasteiger partial charge in [-0.15, -0.1) is 0 Å². The first-order chi connectivity index (χ1) is 15.9. The Labute approximate surface area is 204 Å². The van der Waals surface area contributed by atoms with Gasteiger partial charge in [0.2, 0.25) is 0 Å². The summed E-state index contributed by atoms with van der Waals surface area (Å²) in [4.78, 5) is 20.5. The molecule has 0 bridgehead atoms. The van der Waals surface area contributed by atoms with Crippen LogP contribution < -0.4 is 15.9 Å². The second-order valence-electron chi connectivity index (χ2n) is 7.49. The van der Waals surface area contributed by atoms with Crippen LogP contribution in [0, 0.1) is 21.8 Å². The Morgan fingerprint density at radius 3 is 2.79 bits per heavy atom. The van der Waals surface area contributed by atoms with Crippen LogP contribution in [0.5, 0.6) is 0 Å². The highest BCUT2D eigenvalue weighted by Crippen LogP contribution is 2.47. The lowest BCUT2D eigenvalue weighted by atomic mass is 10.2. The van der Waals surface area contributed by atoms with Crippen LogP contribution in [0.1, 0.15) is 27.2 Å². The van der Waals surface area contributed by atoms with Gasteiger partial charge in [0.15, 0.2) is 0 Å². The Kier molecular flexibility index (Phi) is 6.66. The van der Waals surface area contributed by atoms with Gasteiger partial charge in [0.1, 0.15) is 5.69 Å². The number of H-pyrrole nitrogens is 1. The van der Waals surface area contributed by atoms with Gasteiger partial charge in [0.05, 0.1) is 16.9 Å². The summed E-state index contributed by atoms with van der Waals surface area (Å²) in [5, 5.41) is 13.6. The van der Waals surface area contributed by atoms with E-state index in [2.05, 4.69) is 43.9 Å². The summed E-state index contributed by atoms with van der Waals surface area (Å²) in [5.41, 5.74) is 2.83. The average Bonchev–Trinajstić information content (AvgIpc) is 3.21. The van der Waals surface area contributed by atoms with E-state index >= 15 is 0 Å². The number of hydrogen-bond donors (Lipinski definition) is 2. The molecule has 2 aromatic heterocycles. The molecule has 33 heavy (non-hydrogen) atoms. The van der Waals surface area contributed by atoms with Crippen LogP contribution >= 0.6 is 30.0 Å². The number of pyridine rings is 1. The minimum atomic E-state index is -3.74. The van der Waals surface area contributed by atoms with E-state index in [4.69, 9.17) is 4.52 Å². The number of benzene rings is 2. The standard InChI is InChI=1S/C24H20IN4O3P/c1-15-8-17(12-26)10-19(9-15)33(31,32-2)23-20-11-18(25)5-6-21(20)29-22(23)24(30)28-14-16-4-3-7-27-13-16/h3-11,13,29H,14H2,1-2H3,(H,28,30). The lowest BCUT2D eigenvalue weighted by Gasteiger charge is -2.19. The van der Waals surface area contributed by atoms with Gasteiger partial charge in [0, 0.05) is 45.8 Å². The highest BCUT2D eigenvalue weighted by atomic mass is 127. The fourth-order valence-electron chi connectivity index (χ4n) is 3.72. The van der Waals surface area contributed by atoms with Crippen molar-refractivity contribution in [1.82, 2.24) is 15.3 Å². The molecule has 1 amide bonds. The second-order valence-corrected chi connectivity index (χ2v) is 11.2. The number of carbonyl (C=O) groups excluding carboxylic acids is 1. The van der Waals surface area contributed by atoms with Gasteiger partial charge >= 0.3 is 0 Å². The maximum absolute atomic E-state index is 14.4. The van der Waals surface area contributed by atoms with Gasteiger partial charge in [0.25, 0.3) is 13.3 Å². The second kappa shape index (κ2) is 9.48. The van der Waals surface area contributed by atoms with E-state index < -0.39 is 13.3 Å². The first-order valence-corrected chi connectivity index (χ1v) is 12.7. The molecule has 0 saturated heterocycles. The summed E-state index contributed by atoms with van der Waals surface area (Å²) >= 11 is 2.17. The molecule has 4 aromatic rings. The van der Waals surface area contributed by atoms with Gasteiger partial charge in [-0.2, -0.15) is 5.26 Å². The summed E-state index contributed by atoms with van der Waals surface area (Å²) in [6.07, 6.45) is 3.33. The first kappa shape index (κ1) is 23.2. The van der Waals surface area contributed by atoms with E-state index in [1.165, 1.54) is 7.11 Å². The molecule has 166 valence electrons. The predicted molar refractivity (Wildman–Crippen MR) is 136 cm³/mol. The molecule has 0 aliphatic carbocycles. The van der Waals surface area contributed by atoms with Gasteiger partial charge in [-0.05, 0) is 83.1 Å². The zero-order valence-electron chi connectivity index (χ0n) is 17.9. The topological polar surface area (TPSA) is 108 Å². The first-order valence-electron chi connectivity index (χ1n) is 10.0. The molecule has 2 heterocycles. The molecule has 1 atom stereocenters. The van der Waals surface area contributed by atoms with Crippen molar-refractivity contribution < 1.29 is 13.9 Å². The minimum Gasteiger partial charge on any atom is -0.350 e. The lowest BCUT2D eigenvalue weighted by Crippen LogP contribution is -2.30. The molecule has 0 aliphatic heterocycles. The molecule has 4 rings (SSSR count). The van der Waals surface area contributed by atoms with E-state index in [1.54, 1.807) is 36.7 Å². The summed E-state index contributed by atoms with van der Waals surface area (Å²) in [6, 6.07) is 16.4. The molecule has 2 N–H and O–H groups in total. The molecule has 9 heteroatoms. The average molecular weight is 570 g/mol. The van der Waals surface area contributed by atoms with Crippen LogP contribution in [0.15, 0.2) is 60.9 Å². The number of halogens is 1. The van der Waals surface area contributed by atoms with Crippen molar-refractivity contribution in [3.8, 4) is 6.07 Å². The molecule has 0 fully saturated rings. The summed E-state index contributed by atoms with van der Waals surface area (Å²) in [5.74, 6) is -0.412. The summed E-state index contributed by atoms with van der Waals surface area (Å²) < 4.78 is 21.0. The number of aromatic nitrogens is 2. The molecule has 0 radical (unpaired) electrons. The summed E-state index contributed by atoms with van der Waals surface area (Å²) in [7, 11) is -2.38. The number of aromatic amines is 1. The lowest BCUT2D eigenvalue weighted by molar-refractivity contribution is 0.0947. The Balaban J connectivity index is 1.88. The van der Waals surface area contributed by atoms with Crippen LogP contribution in [-0.2, 0) is 15.6 Å². The van der Waals surface area contributed by atoms with Crippen molar-refractivity contribution in [2.75, 3.05) is 7.11 Å². The van der Waals surface area contributed by atoms with E-state index in [-0.39, 0.29) is 17.5 Å². The van der Waals surface area contributed by atoms with Crippen molar-refractivity contribution in [2.45, 2.75) is 13.5 Å². The van der Waals surface area contributed by atoms with E-state index in [1.807, 2.05) is 31.2 Å². The molecule has 1 unspecified atom stereocenters.